The van der Waals surface area contributed by atoms with Gasteiger partial charge in [-0.3, -0.25) is 0 Å². The van der Waals surface area contributed by atoms with Gasteiger partial charge in [0.2, 0.25) is 0 Å². The predicted molar refractivity (Wildman–Crippen MR) is 70.9 cm³/mol. The Bertz CT molecular complexity index is 325. The van der Waals surface area contributed by atoms with Crippen molar-refractivity contribution >= 4 is 5.96 Å². The second-order valence-electron chi connectivity index (χ2n) is 3.81. The van der Waals surface area contributed by atoms with E-state index < -0.39 is 0 Å². The second kappa shape index (κ2) is 8.58. The van der Waals surface area contributed by atoms with Crippen molar-refractivity contribution in [2.45, 2.75) is 19.4 Å². The molecule has 1 aromatic rings. The minimum atomic E-state index is 0.506. The van der Waals surface area contributed by atoms with E-state index in [1.54, 1.807) is 7.11 Å². The molecular formula is C13H21N3O. The number of ether oxygens (including phenoxy) is 1. The minimum Gasteiger partial charge on any atom is -0.385 e. The summed E-state index contributed by atoms with van der Waals surface area (Å²) in [6, 6.07) is 10.1. The molecule has 1 rings (SSSR count). The number of aliphatic imine (C=N–C) groups is 1. The summed E-state index contributed by atoms with van der Waals surface area (Å²) in [4.78, 5) is 4.26. The zero-order valence-corrected chi connectivity index (χ0v) is 10.4. The predicted octanol–water partition coefficient (Wildman–Crippen LogP) is 1.52. The minimum absolute atomic E-state index is 0.506. The molecule has 94 valence electrons. The van der Waals surface area contributed by atoms with Gasteiger partial charge in [-0.25, -0.2) is 4.99 Å². The van der Waals surface area contributed by atoms with Crippen LogP contribution in [0.3, 0.4) is 0 Å². The Morgan fingerprint density at radius 3 is 2.76 bits per heavy atom. The Morgan fingerprint density at radius 1 is 1.29 bits per heavy atom. The summed E-state index contributed by atoms with van der Waals surface area (Å²) in [6.45, 7) is 2.26. The van der Waals surface area contributed by atoms with E-state index in [-0.39, 0.29) is 0 Å². The average Bonchev–Trinajstić information content (AvgIpc) is 2.37. The van der Waals surface area contributed by atoms with Crippen molar-refractivity contribution in [1.29, 1.82) is 0 Å². The van der Waals surface area contributed by atoms with Crippen LogP contribution in [0.5, 0.6) is 0 Å². The highest BCUT2D eigenvalue weighted by atomic mass is 16.5. The van der Waals surface area contributed by atoms with Gasteiger partial charge in [0.05, 0.1) is 6.54 Å². The number of rotatable bonds is 7. The highest BCUT2D eigenvalue weighted by Gasteiger charge is 1.93. The van der Waals surface area contributed by atoms with Gasteiger partial charge >= 0.3 is 0 Å². The Balaban J connectivity index is 2.17. The van der Waals surface area contributed by atoms with Crippen LogP contribution in [0.1, 0.15) is 18.4 Å². The molecule has 0 unspecified atom stereocenters. The maximum atomic E-state index is 5.74. The number of benzene rings is 1. The summed E-state index contributed by atoms with van der Waals surface area (Å²) in [5.74, 6) is 0.506. The quantitative estimate of drug-likeness (QED) is 0.428. The molecule has 0 saturated heterocycles. The lowest BCUT2D eigenvalue weighted by atomic mass is 10.2. The second-order valence-corrected chi connectivity index (χ2v) is 3.81. The van der Waals surface area contributed by atoms with E-state index in [9.17, 15) is 0 Å². The molecule has 0 aliphatic rings. The number of unbranched alkanes of at least 4 members (excludes halogenated alkanes) is 1. The summed E-state index contributed by atoms with van der Waals surface area (Å²) in [6.07, 6.45) is 2.07. The molecule has 0 aromatic heterocycles. The molecule has 0 radical (unpaired) electrons. The van der Waals surface area contributed by atoms with E-state index >= 15 is 0 Å². The van der Waals surface area contributed by atoms with Gasteiger partial charge in [0, 0.05) is 20.3 Å². The van der Waals surface area contributed by atoms with E-state index in [4.69, 9.17) is 10.5 Å². The van der Waals surface area contributed by atoms with Crippen LogP contribution >= 0.6 is 0 Å². The fraction of sp³-hybridized carbons (Fsp3) is 0.462. The summed E-state index contributed by atoms with van der Waals surface area (Å²) in [7, 11) is 1.71. The van der Waals surface area contributed by atoms with E-state index in [0.29, 0.717) is 12.5 Å². The summed E-state index contributed by atoms with van der Waals surface area (Å²) < 4.78 is 4.96. The van der Waals surface area contributed by atoms with Gasteiger partial charge in [-0.05, 0) is 18.4 Å². The van der Waals surface area contributed by atoms with Gasteiger partial charge in [0.15, 0.2) is 5.96 Å². The van der Waals surface area contributed by atoms with Crippen molar-refractivity contribution in [3.63, 3.8) is 0 Å². The third-order valence-electron chi connectivity index (χ3n) is 2.36. The molecule has 0 spiro atoms. The average molecular weight is 235 g/mol. The van der Waals surface area contributed by atoms with E-state index in [0.717, 1.165) is 31.6 Å². The highest BCUT2D eigenvalue weighted by molar-refractivity contribution is 5.77. The molecule has 0 aliphatic carbocycles. The van der Waals surface area contributed by atoms with Crippen LogP contribution in [0.15, 0.2) is 35.3 Å². The molecule has 0 bridgehead atoms. The summed E-state index contributed by atoms with van der Waals surface area (Å²) in [5.41, 5.74) is 6.91. The molecule has 0 saturated carbocycles. The third kappa shape index (κ3) is 6.58. The topological polar surface area (TPSA) is 59.6 Å². The van der Waals surface area contributed by atoms with Crippen molar-refractivity contribution in [2.75, 3.05) is 20.3 Å². The molecular weight excluding hydrogens is 214 g/mol. The van der Waals surface area contributed by atoms with Crippen molar-refractivity contribution in [1.82, 2.24) is 5.32 Å². The zero-order valence-electron chi connectivity index (χ0n) is 10.4. The molecule has 3 N–H and O–H groups in total. The SMILES string of the molecule is COCCCCNC(N)=NCc1ccccc1. The van der Waals surface area contributed by atoms with Crippen molar-refractivity contribution in [3.8, 4) is 0 Å². The van der Waals surface area contributed by atoms with E-state index in [2.05, 4.69) is 10.3 Å². The van der Waals surface area contributed by atoms with Gasteiger partial charge in [-0.15, -0.1) is 0 Å². The van der Waals surface area contributed by atoms with Gasteiger partial charge in [0.1, 0.15) is 0 Å². The first kappa shape index (κ1) is 13.5. The fourth-order valence-corrected chi connectivity index (χ4v) is 1.40. The number of nitrogens with zero attached hydrogens (tertiary/aromatic N) is 1. The van der Waals surface area contributed by atoms with Crippen LogP contribution in [-0.4, -0.2) is 26.2 Å². The van der Waals surface area contributed by atoms with Crippen LogP contribution in [0.2, 0.25) is 0 Å². The Hall–Kier alpha value is -1.55. The van der Waals surface area contributed by atoms with Crippen LogP contribution in [0, 0.1) is 0 Å². The van der Waals surface area contributed by atoms with Crippen molar-refractivity contribution in [2.24, 2.45) is 10.7 Å². The first-order valence-corrected chi connectivity index (χ1v) is 5.89. The maximum Gasteiger partial charge on any atom is 0.188 e. The van der Waals surface area contributed by atoms with Crippen LogP contribution in [0.25, 0.3) is 0 Å². The normalized spacial score (nSPS) is 11.5. The molecule has 4 nitrogen and oxygen atoms in total. The van der Waals surface area contributed by atoms with E-state index in [1.807, 2.05) is 30.3 Å². The van der Waals surface area contributed by atoms with Gasteiger partial charge in [-0.1, -0.05) is 30.3 Å². The number of hydrogen-bond donors (Lipinski definition) is 2. The van der Waals surface area contributed by atoms with Crippen molar-refractivity contribution < 1.29 is 4.74 Å². The van der Waals surface area contributed by atoms with Crippen molar-refractivity contribution in [3.05, 3.63) is 35.9 Å². The number of guanidine groups is 1. The molecule has 4 heteroatoms. The van der Waals surface area contributed by atoms with Gasteiger partial charge in [0.25, 0.3) is 0 Å². The van der Waals surface area contributed by atoms with Gasteiger partial charge < -0.3 is 15.8 Å². The maximum absolute atomic E-state index is 5.74. The summed E-state index contributed by atoms with van der Waals surface area (Å²) in [5, 5.41) is 3.08. The lowest BCUT2D eigenvalue weighted by Crippen LogP contribution is -2.32. The molecule has 0 aliphatic heterocycles. The molecule has 1 aromatic carbocycles. The third-order valence-corrected chi connectivity index (χ3v) is 2.36. The zero-order chi connectivity index (χ0) is 12.3. The molecule has 0 atom stereocenters. The standard InChI is InChI=1S/C13H21N3O/c1-17-10-6-5-9-15-13(14)16-11-12-7-3-2-4-8-12/h2-4,7-8H,5-6,9-11H2,1H3,(H3,14,15,16). The smallest absolute Gasteiger partial charge is 0.188 e. The van der Waals surface area contributed by atoms with Crippen LogP contribution in [0.4, 0.5) is 0 Å². The first-order valence-electron chi connectivity index (χ1n) is 5.89. The van der Waals surface area contributed by atoms with Crippen LogP contribution in [-0.2, 0) is 11.3 Å². The number of nitrogens with one attached hydrogen (secondary N) is 1. The Kier molecular flexibility index (Phi) is 6.82. The number of methoxy groups -OCH3 is 1. The number of nitrogens with two attached hydrogens (primary N) is 1. The molecule has 0 amide bonds. The Labute approximate surface area is 103 Å². The van der Waals surface area contributed by atoms with Crippen LogP contribution < -0.4 is 11.1 Å². The Morgan fingerprint density at radius 2 is 2.06 bits per heavy atom. The lowest BCUT2D eigenvalue weighted by Gasteiger charge is -2.05. The van der Waals surface area contributed by atoms with Gasteiger partial charge in [-0.2, -0.15) is 0 Å². The molecule has 0 fully saturated rings. The molecule has 0 heterocycles. The monoisotopic (exact) mass is 235 g/mol. The summed E-state index contributed by atoms with van der Waals surface area (Å²) >= 11 is 0. The first-order chi connectivity index (χ1) is 8.33. The molecule has 17 heavy (non-hydrogen) atoms. The fourth-order valence-electron chi connectivity index (χ4n) is 1.40. The largest absolute Gasteiger partial charge is 0.385 e. The highest BCUT2D eigenvalue weighted by Crippen LogP contribution is 1.99. The van der Waals surface area contributed by atoms with E-state index in [1.165, 1.54) is 0 Å². The number of hydrogen-bond acceptors (Lipinski definition) is 2. The lowest BCUT2D eigenvalue weighted by molar-refractivity contribution is 0.193.